The molecule has 0 aliphatic carbocycles. The van der Waals surface area contributed by atoms with E-state index >= 15 is 0 Å². The summed E-state index contributed by atoms with van der Waals surface area (Å²) >= 11 is 0. The molecule has 0 aliphatic rings. The SMILES string of the molecule is CC[C@H](C)[C@H](NC(=O)[C@@H](NC(=O)[C@H](CC(C)C)NC(=O)[C@@H]([NH3+])CO)[C@@H](C)O)C(=O)N[C@@H](Cc1ccc(O[P+](O)(O)O)cc1)C(=O)N[C@@H](C)C(=O)N[C@@H](CCC(N)=O)C(=O)N[C@H](C(=O)N[C@@H](CCC(N)=O)C(=O)N[C@@H](CCCC[NH3+])C(=O)O)C(C)C. The number of nitrogens with one attached hydrogen (secondary N) is 9. The fraction of sp³-hybridized carbons (Fsp3) is 0.654. The molecule has 0 aliphatic heterocycles. The Labute approximate surface area is 493 Å². The fourth-order valence-electron chi connectivity index (χ4n) is 8.11. The summed E-state index contributed by atoms with van der Waals surface area (Å²) in [6.45, 7) is 12.1. The number of aliphatic hydroxyl groups excluding tert-OH is 2. The molecule has 1 rings (SSSR count). The molecule has 11 amide bonds. The summed E-state index contributed by atoms with van der Waals surface area (Å²) in [7, 11) is -4.75. The third-order valence-corrected chi connectivity index (χ3v) is 13.7. The average Bonchev–Trinajstić information content (AvgIpc) is 3.61. The molecule has 0 fully saturated rings. The van der Waals surface area contributed by atoms with Crippen molar-refractivity contribution in [2.45, 2.75) is 186 Å². The van der Waals surface area contributed by atoms with Crippen LogP contribution in [0.25, 0.3) is 0 Å². The van der Waals surface area contributed by atoms with Gasteiger partial charge in [0.05, 0.1) is 12.6 Å². The summed E-state index contributed by atoms with van der Waals surface area (Å²) in [6, 6.07) is -9.67. The Balaban J connectivity index is 3.62. The number of quaternary nitrogens is 2. The van der Waals surface area contributed by atoms with Crippen LogP contribution in [0.3, 0.4) is 0 Å². The minimum atomic E-state index is -4.75. The van der Waals surface area contributed by atoms with E-state index in [9.17, 15) is 87.5 Å². The van der Waals surface area contributed by atoms with Gasteiger partial charge in [0.15, 0.2) is 11.8 Å². The van der Waals surface area contributed by atoms with Gasteiger partial charge in [-0.1, -0.05) is 60.1 Å². The van der Waals surface area contributed by atoms with Gasteiger partial charge in [0.25, 0.3) is 5.91 Å². The van der Waals surface area contributed by atoms with E-state index < -0.39 is 183 Å². The van der Waals surface area contributed by atoms with Crippen LogP contribution in [0, 0.1) is 17.8 Å². The molecule has 0 aromatic heterocycles. The van der Waals surface area contributed by atoms with E-state index in [0.29, 0.717) is 19.4 Å². The molecule has 0 radical (unpaired) electrons. The zero-order valence-corrected chi connectivity index (χ0v) is 50.3. The maximum Gasteiger partial charge on any atom is 0.613 e. The molecule has 33 heteroatoms. The quantitative estimate of drug-likeness (QED) is 0.0215. The summed E-state index contributed by atoms with van der Waals surface area (Å²) in [5.41, 5.74) is 18.2. The number of primary amides is 2. The molecule has 12 atom stereocenters. The molecular weight excluding hydrogens is 1140 g/mol. The minimum absolute atomic E-state index is 0.0303. The van der Waals surface area contributed by atoms with Gasteiger partial charge in [0.2, 0.25) is 59.1 Å². The first-order valence-corrected chi connectivity index (χ1v) is 29.4. The second kappa shape index (κ2) is 37.3. The van der Waals surface area contributed by atoms with Crippen molar-refractivity contribution < 1.29 is 104 Å². The lowest BCUT2D eigenvalue weighted by atomic mass is 9.96. The number of carbonyl (C=O) groups is 12. The van der Waals surface area contributed by atoms with Gasteiger partial charge in [-0.2, -0.15) is 14.7 Å². The lowest BCUT2D eigenvalue weighted by Crippen LogP contribution is -2.70. The van der Waals surface area contributed by atoms with E-state index in [1.165, 1.54) is 52.0 Å². The number of aliphatic carboxylic acids is 1. The molecule has 25 N–H and O–H groups in total. The van der Waals surface area contributed by atoms with Crippen LogP contribution in [-0.4, -0.2) is 181 Å². The van der Waals surface area contributed by atoms with Gasteiger partial charge in [0, 0.05) is 19.3 Å². The van der Waals surface area contributed by atoms with Crippen LogP contribution < -0.4 is 75.3 Å². The topological polar surface area (TPSA) is 551 Å². The smallest absolute Gasteiger partial charge is 0.480 e. The van der Waals surface area contributed by atoms with Crippen molar-refractivity contribution in [3.05, 3.63) is 29.8 Å². The van der Waals surface area contributed by atoms with Crippen LogP contribution in [0.4, 0.5) is 0 Å². The standard InChI is InChI=1S/C52H88N13O19P/c1-9-27(6)41(64-51(78)42(29(8)67)65-48(75)36(22-25(2)3)61-44(71)32(54)24-66)50(77)62-37(23-30-13-15-31(16-14-30)84-85(81,82)83)47(74)57-28(7)43(70)58-34(18-20-39(56)69)46(73)63-40(26(4)5)49(76)59-33(17-19-38(55)68)45(72)60-35(52(79)80)12-10-11-21-53/h13-16,25-29,32-37,40-42,66-67,81-83H,9-12,17-24,53-54H2,1-8H3,(H13-,55,56,57,58,59,60,61,62,63,64,65,68,69,70,71,72,73,74,75,76,77,78,79,80)/p+3/t27-,28-,29+,32-,33-,34-,35-,36-,37-,40-,41-,42-/m0/s1. The second-order valence-corrected chi connectivity index (χ2v) is 22.7. The van der Waals surface area contributed by atoms with Crippen molar-refractivity contribution in [3.63, 3.8) is 0 Å². The van der Waals surface area contributed by atoms with Crippen molar-refractivity contribution >= 4 is 79.1 Å². The van der Waals surface area contributed by atoms with Crippen molar-refractivity contribution in [3.8, 4) is 5.75 Å². The Kier molecular flexibility index (Phi) is 33.3. The van der Waals surface area contributed by atoms with E-state index in [2.05, 4.69) is 59.3 Å². The summed E-state index contributed by atoms with van der Waals surface area (Å²) in [4.78, 5) is 188. The molecule has 0 saturated carbocycles. The van der Waals surface area contributed by atoms with E-state index in [4.69, 9.17) is 16.0 Å². The van der Waals surface area contributed by atoms with Gasteiger partial charge in [0.1, 0.15) is 61.0 Å². The predicted octanol–water partition coefficient (Wildman–Crippen LogP) is -6.59. The molecule has 0 bridgehead atoms. The lowest BCUT2D eigenvalue weighted by Gasteiger charge is -2.30. The number of benzene rings is 1. The van der Waals surface area contributed by atoms with Gasteiger partial charge in [-0.15, -0.1) is 0 Å². The van der Waals surface area contributed by atoms with Crippen LogP contribution >= 0.6 is 8.17 Å². The van der Waals surface area contributed by atoms with Gasteiger partial charge in [-0.05, 0) is 87.8 Å². The number of carboxylic acids is 1. The van der Waals surface area contributed by atoms with Crippen LogP contribution in [0.5, 0.6) is 5.75 Å². The Hall–Kier alpha value is -7.19. The molecule has 1 aromatic carbocycles. The Morgan fingerprint density at radius 2 is 1.01 bits per heavy atom. The number of hydrogen-bond donors (Lipinski definition) is 19. The lowest BCUT2D eigenvalue weighted by molar-refractivity contribution is -0.409. The van der Waals surface area contributed by atoms with Gasteiger partial charge < -0.3 is 86.1 Å². The van der Waals surface area contributed by atoms with Gasteiger partial charge in [-0.3, -0.25) is 57.3 Å². The summed E-state index contributed by atoms with van der Waals surface area (Å²) in [5.74, 6) is -13.6. The number of unbranched alkanes of at least 4 members (excludes halogenated alkanes) is 1. The third kappa shape index (κ3) is 28.5. The highest BCUT2D eigenvalue weighted by molar-refractivity contribution is 7.53. The molecule has 0 spiro atoms. The summed E-state index contributed by atoms with van der Waals surface area (Å²) < 4.78 is 4.72. The molecular formula is C52H91N13O19P+3. The fourth-order valence-corrected chi connectivity index (χ4v) is 8.51. The molecule has 480 valence electrons. The maximum absolute atomic E-state index is 14.4. The molecule has 0 saturated heterocycles. The molecule has 85 heavy (non-hydrogen) atoms. The van der Waals surface area contributed by atoms with Crippen molar-refractivity contribution in [2.75, 3.05) is 13.2 Å². The summed E-state index contributed by atoms with van der Waals surface area (Å²) in [6.07, 6.45) is -2.36. The highest BCUT2D eigenvalue weighted by Crippen LogP contribution is 2.46. The predicted molar refractivity (Wildman–Crippen MR) is 303 cm³/mol. The monoisotopic (exact) mass is 1230 g/mol. The number of hydrogen-bond acceptors (Lipinski definition) is 18. The van der Waals surface area contributed by atoms with Gasteiger partial charge in [-0.25, -0.2) is 4.79 Å². The highest BCUT2D eigenvalue weighted by Gasteiger charge is 2.39. The summed E-state index contributed by atoms with van der Waals surface area (Å²) in [5, 5.41) is 52.1. The first kappa shape index (κ1) is 75.8. The van der Waals surface area contributed by atoms with E-state index in [1.807, 2.05) is 0 Å². The van der Waals surface area contributed by atoms with Gasteiger partial charge >= 0.3 is 14.1 Å². The first-order valence-electron chi connectivity index (χ1n) is 27.9. The van der Waals surface area contributed by atoms with Crippen molar-refractivity contribution in [1.82, 2.24) is 47.9 Å². The van der Waals surface area contributed by atoms with E-state index in [0.717, 1.165) is 0 Å². The number of carboxylic acid groups (broad SMARTS) is 1. The van der Waals surface area contributed by atoms with E-state index in [1.54, 1.807) is 27.7 Å². The zero-order valence-electron chi connectivity index (χ0n) is 49.4. The van der Waals surface area contributed by atoms with Crippen LogP contribution in [0.1, 0.15) is 119 Å². The molecule has 1 aromatic rings. The van der Waals surface area contributed by atoms with Crippen LogP contribution in [0.15, 0.2) is 24.3 Å². The average molecular weight is 1230 g/mol. The maximum atomic E-state index is 14.4. The van der Waals surface area contributed by atoms with E-state index in [-0.39, 0.29) is 49.3 Å². The Bertz CT molecular complexity index is 2430. The number of carbonyl (C=O) groups excluding carboxylic acids is 11. The Morgan fingerprint density at radius 1 is 0.565 bits per heavy atom. The first-order chi connectivity index (χ1) is 39.5. The third-order valence-electron chi connectivity index (χ3n) is 13.2. The largest absolute Gasteiger partial charge is 0.613 e. The number of nitrogens with two attached hydrogens (primary N) is 2. The highest BCUT2D eigenvalue weighted by atomic mass is 31.2. The number of amides is 11. The van der Waals surface area contributed by atoms with Crippen LogP contribution in [-0.2, 0) is 64.0 Å². The normalized spacial score (nSPS) is 15.7. The van der Waals surface area contributed by atoms with Crippen molar-refractivity contribution in [2.24, 2.45) is 29.2 Å². The zero-order chi connectivity index (χ0) is 65.1. The van der Waals surface area contributed by atoms with Crippen LogP contribution in [0.2, 0.25) is 0 Å². The molecule has 0 unspecified atom stereocenters. The minimum Gasteiger partial charge on any atom is -0.480 e. The number of aliphatic hydroxyl groups is 2. The Morgan fingerprint density at radius 3 is 1.48 bits per heavy atom. The molecule has 0 heterocycles. The molecule has 32 nitrogen and oxygen atoms in total. The number of rotatable bonds is 40. The van der Waals surface area contributed by atoms with Crippen molar-refractivity contribution in [1.29, 1.82) is 0 Å². The second-order valence-electron chi connectivity index (χ2n) is 21.5.